The maximum atomic E-state index is 13.9. The zero-order chi connectivity index (χ0) is 24.8. The van der Waals surface area contributed by atoms with Crippen LogP contribution in [0.3, 0.4) is 0 Å². The van der Waals surface area contributed by atoms with Crippen molar-refractivity contribution in [1.82, 2.24) is 9.88 Å². The number of carbonyl (C=O) groups excluding carboxylic acids is 1. The van der Waals surface area contributed by atoms with Gasteiger partial charge in [-0.3, -0.25) is 9.78 Å². The lowest BCUT2D eigenvalue weighted by molar-refractivity contribution is -0.191. The molecule has 2 heterocycles. The summed E-state index contributed by atoms with van der Waals surface area (Å²) in [5.41, 5.74) is 2.19. The predicted octanol–water partition coefficient (Wildman–Crippen LogP) is 4.46. The second-order valence-electron chi connectivity index (χ2n) is 8.71. The van der Waals surface area contributed by atoms with Gasteiger partial charge >= 0.3 is 6.18 Å². The van der Waals surface area contributed by atoms with Crippen LogP contribution in [0.5, 0.6) is 0 Å². The topological polar surface area (TPSA) is 79.4 Å². The van der Waals surface area contributed by atoms with E-state index in [4.69, 9.17) is 23.2 Å². The summed E-state index contributed by atoms with van der Waals surface area (Å²) >= 11 is 12.4. The minimum atomic E-state index is -4.78. The lowest BCUT2D eigenvalue weighted by Gasteiger charge is -2.31. The molecular formula is C22H22Cl2F3N3O3S. The molecule has 6 nitrogen and oxygen atoms in total. The van der Waals surface area contributed by atoms with Gasteiger partial charge in [0.2, 0.25) is 5.91 Å². The number of pyridine rings is 1. The summed E-state index contributed by atoms with van der Waals surface area (Å²) in [7, 11) is -2.38. The summed E-state index contributed by atoms with van der Waals surface area (Å²) in [6.07, 6.45) is -2.17. The van der Waals surface area contributed by atoms with E-state index in [1.165, 1.54) is 18.3 Å². The third-order valence-electron chi connectivity index (χ3n) is 6.27. The van der Waals surface area contributed by atoms with E-state index in [2.05, 4.69) is 10.3 Å². The molecule has 2 aromatic rings. The number of nitrogens with zero attached hydrogens (tertiary/aromatic N) is 2. The molecule has 12 heteroatoms. The molecule has 0 radical (unpaired) electrons. The van der Waals surface area contributed by atoms with E-state index in [0.717, 1.165) is 18.2 Å². The minimum Gasteiger partial charge on any atom is -0.380 e. The molecule has 1 fully saturated rings. The largest absolute Gasteiger partial charge is 0.414 e. The van der Waals surface area contributed by atoms with E-state index < -0.39 is 39.6 Å². The van der Waals surface area contributed by atoms with Gasteiger partial charge in [0.15, 0.2) is 15.9 Å². The molecule has 1 aromatic carbocycles. The van der Waals surface area contributed by atoms with Crippen molar-refractivity contribution in [2.24, 2.45) is 5.92 Å². The van der Waals surface area contributed by atoms with Gasteiger partial charge in [0.05, 0.1) is 45.0 Å². The fraction of sp³-hybridized carbons (Fsp3) is 0.455. The van der Waals surface area contributed by atoms with Crippen molar-refractivity contribution in [2.45, 2.75) is 37.5 Å². The number of fused-ring (bicyclic) bond motifs is 1. The second kappa shape index (κ2) is 9.20. The Balaban J connectivity index is 1.48. The zero-order valence-electron chi connectivity index (χ0n) is 18.1. The molecule has 1 saturated heterocycles. The van der Waals surface area contributed by atoms with Crippen molar-refractivity contribution in [3.63, 3.8) is 0 Å². The highest BCUT2D eigenvalue weighted by atomic mass is 35.5. The Morgan fingerprint density at radius 3 is 2.53 bits per heavy atom. The van der Waals surface area contributed by atoms with Gasteiger partial charge in [-0.2, -0.15) is 13.2 Å². The molecule has 1 amide bonds. The average molecular weight is 536 g/mol. The predicted molar refractivity (Wildman–Crippen MR) is 124 cm³/mol. The summed E-state index contributed by atoms with van der Waals surface area (Å²) in [5.74, 6) is -2.47. The number of aromatic nitrogens is 1. The van der Waals surface area contributed by atoms with Gasteiger partial charge in [0, 0.05) is 13.1 Å². The Morgan fingerprint density at radius 1 is 1.21 bits per heavy atom. The Kier molecular flexibility index (Phi) is 6.78. The number of nitrogens with one attached hydrogen (secondary N) is 1. The second-order valence-corrected chi connectivity index (χ2v) is 11.7. The van der Waals surface area contributed by atoms with Crippen LogP contribution in [0.4, 0.5) is 18.9 Å². The SMILES string of the molecule is CN(C(=O)C1CCS(=O)(=O)C1)[C@@H](c1ccc(NC2Cc3ccc(Cl)c(Cl)c3C2)cn1)C(F)(F)F. The molecule has 2 unspecified atom stereocenters. The zero-order valence-corrected chi connectivity index (χ0v) is 20.4. The number of carbonyl (C=O) groups is 1. The fourth-order valence-electron chi connectivity index (χ4n) is 4.61. The van der Waals surface area contributed by atoms with Crippen molar-refractivity contribution in [2.75, 3.05) is 23.9 Å². The number of hydrogen-bond donors (Lipinski definition) is 1. The Bertz CT molecular complexity index is 1210. The van der Waals surface area contributed by atoms with E-state index in [1.54, 1.807) is 6.07 Å². The van der Waals surface area contributed by atoms with Crippen LogP contribution in [-0.2, 0) is 27.5 Å². The fourth-order valence-corrected chi connectivity index (χ4v) is 6.78. The van der Waals surface area contributed by atoms with Gasteiger partial charge in [-0.05, 0) is 48.6 Å². The molecule has 34 heavy (non-hydrogen) atoms. The lowest BCUT2D eigenvalue weighted by Crippen LogP contribution is -2.43. The van der Waals surface area contributed by atoms with E-state index >= 15 is 0 Å². The maximum absolute atomic E-state index is 13.9. The lowest BCUT2D eigenvalue weighted by atomic mass is 10.0. The molecule has 1 aromatic heterocycles. The van der Waals surface area contributed by atoms with Crippen molar-refractivity contribution in [3.05, 3.63) is 57.3 Å². The van der Waals surface area contributed by atoms with Crippen LogP contribution in [0.25, 0.3) is 0 Å². The molecular weight excluding hydrogens is 514 g/mol. The molecule has 1 aliphatic carbocycles. The summed E-state index contributed by atoms with van der Waals surface area (Å²) in [6.45, 7) is 0. The van der Waals surface area contributed by atoms with Crippen LogP contribution in [0.1, 0.15) is 29.3 Å². The van der Waals surface area contributed by atoms with Crippen molar-refractivity contribution in [3.8, 4) is 0 Å². The molecule has 0 bridgehead atoms. The van der Waals surface area contributed by atoms with Gasteiger partial charge in [-0.25, -0.2) is 8.42 Å². The molecule has 3 atom stereocenters. The summed E-state index contributed by atoms with van der Waals surface area (Å²) < 4.78 is 65.1. The first-order valence-corrected chi connectivity index (χ1v) is 13.2. The Labute approximate surface area is 205 Å². The highest BCUT2D eigenvalue weighted by Gasteiger charge is 2.48. The van der Waals surface area contributed by atoms with Crippen LogP contribution in [-0.4, -0.2) is 55.0 Å². The Morgan fingerprint density at radius 2 is 1.94 bits per heavy atom. The van der Waals surface area contributed by atoms with Crippen LogP contribution < -0.4 is 5.32 Å². The number of sulfone groups is 1. The summed E-state index contributed by atoms with van der Waals surface area (Å²) in [6, 6.07) is 4.04. The van der Waals surface area contributed by atoms with Crippen LogP contribution in [0, 0.1) is 5.92 Å². The van der Waals surface area contributed by atoms with Gasteiger partial charge < -0.3 is 10.2 Å². The normalized spacial score (nSPS) is 22.3. The number of alkyl halides is 3. The number of benzene rings is 1. The number of hydrogen-bond acceptors (Lipinski definition) is 5. The summed E-state index contributed by atoms with van der Waals surface area (Å²) in [4.78, 5) is 17.2. The van der Waals surface area contributed by atoms with Crippen molar-refractivity contribution < 1.29 is 26.4 Å². The number of rotatable bonds is 5. The monoisotopic (exact) mass is 535 g/mol. The van der Waals surface area contributed by atoms with Gasteiger partial charge in [0.25, 0.3) is 0 Å². The number of anilines is 1. The van der Waals surface area contributed by atoms with E-state index in [1.807, 2.05) is 6.07 Å². The van der Waals surface area contributed by atoms with Gasteiger partial charge in [-0.15, -0.1) is 0 Å². The molecule has 0 spiro atoms. The van der Waals surface area contributed by atoms with Crippen LogP contribution in [0.15, 0.2) is 30.5 Å². The van der Waals surface area contributed by atoms with Crippen molar-refractivity contribution >= 4 is 44.6 Å². The molecule has 4 rings (SSSR count). The third kappa shape index (κ3) is 5.13. The maximum Gasteiger partial charge on any atom is 0.414 e. The average Bonchev–Trinajstić information content (AvgIpc) is 3.33. The third-order valence-corrected chi connectivity index (χ3v) is 8.89. The first-order chi connectivity index (χ1) is 15.9. The molecule has 2 aliphatic rings. The molecule has 0 saturated carbocycles. The number of halogens is 5. The van der Waals surface area contributed by atoms with Gasteiger partial charge in [0.1, 0.15) is 0 Å². The highest BCUT2D eigenvalue weighted by molar-refractivity contribution is 7.91. The standard InChI is InChI=1S/C22H22Cl2F3N3O3S/c1-30(21(31)13-6-7-34(32,33)11-13)20(22(25,26)27)18-5-3-14(10-28-18)29-15-8-12-2-4-17(23)19(24)16(12)9-15/h2-5,10,13,15,20,29H,6-9,11H2,1H3/t13?,15?,20-/m0/s1. The quantitative estimate of drug-likeness (QED) is 0.611. The Hall–Kier alpha value is -2.04. The first kappa shape index (κ1) is 25.1. The van der Waals surface area contributed by atoms with Gasteiger partial charge in [-0.1, -0.05) is 29.3 Å². The molecule has 1 N–H and O–H groups in total. The first-order valence-electron chi connectivity index (χ1n) is 10.6. The molecule has 184 valence electrons. The van der Waals surface area contributed by atoms with Crippen molar-refractivity contribution in [1.29, 1.82) is 0 Å². The van der Waals surface area contributed by atoms with E-state index in [0.29, 0.717) is 33.5 Å². The van der Waals surface area contributed by atoms with Crippen LogP contribution >= 0.6 is 23.2 Å². The van der Waals surface area contributed by atoms with Crippen LogP contribution in [0.2, 0.25) is 10.0 Å². The smallest absolute Gasteiger partial charge is 0.380 e. The number of amides is 1. The van der Waals surface area contributed by atoms with E-state index in [9.17, 15) is 26.4 Å². The van der Waals surface area contributed by atoms with E-state index in [-0.39, 0.29) is 23.9 Å². The molecule has 1 aliphatic heterocycles. The minimum absolute atomic E-state index is 0.0192. The highest BCUT2D eigenvalue weighted by Crippen LogP contribution is 2.38. The summed E-state index contributed by atoms with van der Waals surface area (Å²) in [5, 5.41) is 4.23.